The van der Waals surface area contributed by atoms with E-state index in [1.165, 1.54) is 16.8 Å². The molecule has 5 nitrogen and oxygen atoms in total. The number of hydrogen-bond donors (Lipinski definition) is 2. The van der Waals surface area contributed by atoms with Gasteiger partial charge in [-0.25, -0.2) is 8.91 Å². The van der Waals surface area contributed by atoms with Crippen molar-refractivity contribution in [3.05, 3.63) is 24.1 Å². The lowest BCUT2D eigenvalue weighted by Gasteiger charge is -2.18. The summed E-state index contributed by atoms with van der Waals surface area (Å²) in [7, 11) is 0. The van der Waals surface area contributed by atoms with E-state index in [0.29, 0.717) is 24.1 Å². The maximum Gasteiger partial charge on any atom is 0.243 e. The van der Waals surface area contributed by atoms with E-state index in [-0.39, 0.29) is 11.9 Å². The van der Waals surface area contributed by atoms with Crippen molar-refractivity contribution in [1.82, 2.24) is 14.6 Å². The first-order valence-electron chi connectivity index (χ1n) is 5.58. The van der Waals surface area contributed by atoms with Crippen LogP contribution in [-0.2, 0) is 0 Å². The number of nitrogens with two attached hydrogens (primary N) is 1. The predicted octanol–water partition coefficient (Wildman–Crippen LogP) is 1.26. The molecule has 0 spiro atoms. The van der Waals surface area contributed by atoms with Gasteiger partial charge in [-0.1, -0.05) is 13.8 Å². The Bertz CT molecular complexity index is 508. The van der Waals surface area contributed by atoms with Crippen LogP contribution in [0.2, 0.25) is 0 Å². The highest BCUT2D eigenvalue weighted by Crippen LogP contribution is 2.10. The Morgan fingerprint density at radius 3 is 2.88 bits per heavy atom. The monoisotopic (exact) mass is 237 g/mol. The van der Waals surface area contributed by atoms with Crippen LogP contribution in [0.25, 0.3) is 5.65 Å². The molecule has 0 radical (unpaired) electrons. The van der Waals surface area contributed by atoms with Crippen LogP contribution < -0.4 is 11.1 Å². The standard InChI is InChI=1S/C11H16FN5/c1-7(2)9(5-13)14-11-15-10-4-3-8(12)6-17(10)16-11/h3-4,6-7,9H,5,13H2,1-2H3,(H,14,16). The number of fused-ring (bicyclic) bond motifs is 1. The fourth-order valence-corrected chi connectivity index (χ4v) is 1.58. The Hall–Kier alpha value is -1.69. The SMILES string of the molecule is CC(C)C(CN)Nc1nc2ccc(F)cn2n1. The van der Waals surface area contributed by atoms with Crippen LogP contribution in [0.4, 0.5) is 10.3 Å². The largest absolute Gasteiger partial charge is 0.349 e. The molecule has 17 heavy (non-hydrogen) atoms. The molecule has 1 atom stereocenters. The molecule has 2 rings (SSSR count). The van der Waals surface area contributed by atoms with Crippen molar-refractivity contribution in [3.8, 4) is 0 Å². The molecule has 92 valence electrons. The van der Waals surface area contributed by atoms with Gasteiger partial charge in [-0.15, -0.1) is 5.10 Å². The molecule has 0 aromatic carbocycles. The molecule has 0 amide bonds. The maximum atomic E-state index is 13.0. The van der Waals surface area contributed by atoms with Gasteiger partial charge in [0.2, 0.25) is 5.95 Å². The van der Waals surface area contributed by atoms with Crippen LogP contribution in [0.15, 0.2) is 18.3 Å². The van der Waals surface area contributed by atoms with Crippen molar-refractivity contribution in [2.24, 2.45) is 11.7 Å². The third-order valence-electron chi connectivity index (χ3n) is 2.67. The maximum absolute atomic E-state index is 13.0. The second-order valence-electron chi connectivity index (χ2n) is 4.32. The summed E-state index contributed by atoms with van der Waals surface area (Å²) in [6.45, 7) is 4.64. The van der Waals surface area contributed by atoms with Crippen molar-refractivity contribution >= 4 is 11.6 Å². The Kier molecular flexibility index (Phi) is 3.23. The zero-order valence-electron chi connectivity index (χ0n) is 9.89. The number of hydrogen-bond acceptors (Lipinski definition) is 4. The quantitative estimate of drug-likeness (QED) is 0.840. The molecule has 2 heterocycles. The number of anilines is 1. The fourth-order valence-electron chi connectivity index (χ4n) is 1.58. The van der Waals surface area contributed by atoms with Gasteiger partial charge in [-0.2, -0.15) is 4.98 Å². The summed E-state index contributed by atoms with van der Waals surface area (Å²) in [6.07, 6.45) is 1.29. The van der Waals surface area contributed by atoms with E-state index in [1.807, 2.05) is 0 Å². The summed E-state index contributed by atoms with van der Waals surface area (Å²) in [5.74, 6) is 0.510. The highest BCUT2D eigenvalue weighted by Gasteiger charge is 2.13. The van der Waals surface area contributed by atoms with Crippen molar-refractivity contribution in [1.29, 1.82) is 0 Å². The molecule has 0 aliphatic rings. The molecule has 0 aliphatic heterocycles. The third kappa shape index (κ3) is 2.52. The molecule has 0 bridgehead atoms. The van der Waals surface area contributed by atoms with Crippen LogP contribution in [0.5, 0.6) is 0 Å². The first kappa shape index (κ1) is 11.8. The molecule has 2 aromatic rings. The fraction of sp³-hybridized carbons (Fsp3) is 0.455. The number of rotatable bonds is 4. The highest BCUT2D eigenvalue weighted by molar-refractivity contribution is 5.43. The number of nitrogens with zero attached hydrogens (tertiary/aromatic N) is 3. The zero-order valence-corrected chi connectivity index (χ0v) is 9.89. The summed E-state index contributed by atoms with van der Waals surface area (Å²) in [4.78, 5) is 4.24. The minimum Gasteiger partial charge on any atom is -0.349 e. The van der Waals surface area contributed by atoms with Crippen molar-refractivity contribution in [2.75, 3.05) is 11.9 Å². The van der Waals surface area contributed by atoms with Crippen LogP contribution in [-0.4, -0.2) is 27.2 Å². The average Bonchev–Trinajstić information content (AvgIpc) is 2.66. The van der Waals surface area contributed by atoms with Crippen molar-refractivity contribution in [3.63, 3.8) is 0 Å². The summed E-state index contributed by atoms with van der Waals surface area (Å²) < 4.78 is 14.4. The Labute approximate surface area is 98.8 Å². The van der Waals surface area contributed by atoms with Crippen molar-refractivity contribution in [2.45, 2.75) is 19.9 Å². The average molecular weight is 237 g/mol. The van der Waals surface area contributed by atoms with Gasteiger partial charge in [0.05, 0.1) is 6.20 Å². The molecule has 1 unspecified atom stereocenters. The van der Waals surface area contributed by atoms with Gasteiger partial charge in [-0.3, -0.25) is 0 Å². The number of pyridine rings is 1. The van der Waals surface area contributed by atoms with E-state index >= 15 is 0 Å². The van der Waals surface area contributed by atoms with Gasteiger partial charge in [0.1, 0.15) is 5.82 Å². The molecule has 0 aliphatic carbocycles. The summed E-state index contributed by atoms with van der Waals surface area (Å²) in [5, 5.41) is 7.29. The summed E-state index contributed by atoms with van der Waals surface area (Å²) in [6, 6.07) is 3.05. The number of aromatic nitrogens is 3. The smallest absolute Gasteiger partial charge is 0.243 e. The van der Waals surface area contributed by atoms with Gasteiger partial charge in [0.15, 0.2) is 5.65 Å². The molecule has 6 heteroatoms. The minimum absolute atomic E-state index is 0.109. The first-order valence-corrected chi connectivity index (χ1v) is 5.58. The lowest BCUT2D eigenvalue weighted by Crippen LogP contribution is -2.34. The lowest BCUT2D eigenvalue weighted by atomic mass is 10.1. The van der Waals surface area contributed by atoms with Crippen molar-refractivity contribution < 1.29 is 4.39 Å². The Morgan fingerprint density at radius 1 is 1.47 bits per heavy atom. The second-order valence-corrected chi connectivity index (χ2v) is 4.32. The Balaban J connectivity index is 2.24. The molecule has 0 saturated carbocycles. The Morgan fingerprint density at radius 2 is 2.24 bits per heavy atom. The molecular weight excluding hydrogens is 221 g/mol. The zero-order chi connectivity index (χ0) is 12.4. The highest BCUT2D eigenvalue weighted by atomic mass is 19.1. The first-order chi connectivity index (χ1) is 8.10. The van der Waals surface area contributed by atoms with Gasteiger partial charge < -0.3 is 11.1 Å². The molecule has 3 N–H and O–H groups in total. The van der Waals surface area contributed by atoms with E-state index in [4.69, 9.17) is 5.73 Å². The van der Waals surface area contributed by atoms with E-state index in [2.05, 4.69) is 29.2 Å². The summed E-state index contributed by atoms with van der Waals surface area (Å²) in [5.41, 5.74) is 6.26. The normalized spacial score (nSPS) is 13.2. The molecular formula is C11H16FN5. The van der Waals surface area contributed by atoms with Gasteiger partial charge in [0.25, 0.3) is 0 Å². The minimum atomic E-state index is -0.340. The van der Waals surface area contributed by atoms with Crippen LogP contribution in [0.3, 0.4) is 0 Å². The number of halogens is 1. The van der Waals surface area contributed by atoms with E-state index in [9.17, 15) is 4.39 Å². The van der Waals surface area contributed by atoms with E-state index in [0.717, 1.165) is 0 Å². The topological polar surface area (TPSA) is 68.2 Å². The van der Waals surface area contributed by atoms with Crippen LogP contribution >= 0.6 is 0 Å². The van der Waals surface area contributed by atoms with Gasteiger partial charge in [-0.05, 0) is 18.1 Å². The van der Waals surface area contributed by atoms with Crippen LogP contribution in [0.1, 0.15) is 13.8 Å². The van der Waals surface area contributed by atoms with E-state index in [1.54, 1.807) is 6.07 Å². The summed E-state index contributed by atoms with van der Waals surface area (Å²) >= 11 is 0. The van der Waals surface area contributed by atoms with Gasteiger partial charge >= 0.3 is 0 Å². The number of nitrogens with one attached hydrogen (secondary N) is 1. The predicted molar refractivity (Wildman–Crippen MR) is 64.2 cm³/mol. The molecule has 2 aromatic heterocycles. The third-order valence-corrected chi connectivity index (χ3v) is 2.67. The van der Waals surface area contributed by atoms with Gasteiger partial charge in [0, 0.05) is 12.6 Å². The second kappa shape index (κ2) is 4.67. The molecule has 0 fully saturated rings. The molecule has 0 saturated heterocycles. The van der Waals surface area contributed by atoms with Crippen LogP contribution in [0, 0.1) is 11.7 Å². The van der Waals surface area contributed by atoms with E-state index < -0.39 is 0 Å². The lowest BCUT2D eigenvalue weighted by molar-refractivity contribution is 0.528.